The minimum atomic E-state index is -0.931. The zero-order valence-corrected chi connectivity index (χ0v) is 11.2. The Morgan fingerprint density at radius 2 is 2.16 bits per heavy atom. The van der Waals surface area contributed by atoms with Gasteiger partial charge in [0, 0.05) is 16.9 Å². The van der Waals surface area contributed by atoms with Gasteiger partial charge in [-0.3, -0.25) is 4.79 Å². The van der Waals surface area contributed by atoms with Crippen molar-refractivity contribution in [2.45, 2.75) is 6.92 Å². The number of aliphatic carboxylic acids is 1. The number of fused-ring (bicyclic) bond motifs is 1. The third-order valence-electron chi connectivity index (χ3n) is 2.70. The molecule has 1 aromatic carbocycles. The van der Waals surface area contributed by atoms with Gasteiger partial charge in [0.25, 0.3) is 0 Å². The average Bonchev–Trinajstić information content (AvgIpc) is 2.83. The molecule has 19 heavy (non-hydrogen) atoms. The van der Waals surface area contributed by atoms with Crippen LogP contribution in [0.25, 0.3) is 10.1 Å². The second-order valence-corrected chi connectivity index (χ2v) is 5.20. The van der Waals surface area contributed by atoms with Gasteiger partial charge in [0.05, 0.1) is 5.92 Å². The van der Waals surface area contributed by atoms with Crippen molar-refractivity contribution < 1.29 is 14.7 Å². The highest BCUT2D eigenvalue weighted by Crippen LogP contribution is 2.23. The van der Waals surface area contributed by atoms with Crippen molar-refractivity contribution in [2.24, 2.45) is 5.92 Å². The van der Waals surface area contributed by atoms with Crippen molar-refractivity contribution in [2.75, 3.05) is 11.9 Å². The summed E-state index contributed by atoms with van der Waals surface area (Å²) in [5.41, 5.74) is 0.686. The Balaban J connectivity index is 1.93. The Morgan fingerprint density at radius 3 is 2.89 bits per heavy atom. The van der Waals surface area contributed by atoms with E-state index < -0.39 is 17.9 Å². The molecule has 0 aliphatic rings. The van der Waals surface area contributed by atoms with Crippen molar-refractivity contribution in [1.29, 1.82) is 0 Å². The molecule has 1 aromatic heterocycles. The number of hydrogen-bond acceptors (Lipinski definition) is 3. The fourth-order valence-electron chi connectivity index (χ4n) is 1.55. The van der Waals surface area contributed by atoms with Crippen LogP contribution in [0.2, 0.25) is 0 Å². The summed E-state index contributed by atoms with van der Waals surface area (Å²) in [6.45, 7) is 1.64. The summed E-state index contributed by atoms with van der Waals surface area (Å²) in [5.74, 6) is -1.54. The largest absolute Gasteiger partial charge is 0.481 e. The molecular weight excluding hydrogens is 264 g/mol. The van der Waals surface area contributed by atoms with E-state index in [1.54, 1.807) is 18.3 Å². The Kier molecular flexibility index (Phi) is 4.01. The van der Waals surface area contributed by atoms with E-state index in [1.165, 1.54) is 0 Å². The molecular formula is C13H14N2O3S. The molecule has 2 rings (SSSR count). The average molecular weight is 278 g/mol. The Labute approximate surface area is 114 Å². The molecule has 0 aliphatic carbocycles. The second-order valence-electron chi connectivity index (χ2n) is 4.25. The smallest absolute Gasteiger partial charge is 0.319 e. The number of hydrogen-bond donors (Lipinski definition) is 3. The summed E-state index contributed by atoms with van der Waals surface area (Å²) in [5, 5.41) is 17.0. The maximum atomic E-state index is 11.6. The number of thiophene rings is 1. The predicted molar refractivity (Wildman–Crippen MR) is 75.6 cm³/mol. The molecule has 1 heterocycles. The lowest BCUT2D eigenvalue weighted by Gasteiger charge is -2.10. The van der Waals surface area contributed by atoms with Crippen LogP contribution in [0.1, 0.15) is 6.92 Å². The van der Waals surface area contributed by atoms with E-state index in [2.05, 4.69) is 10.6 Å². The Hall–Kier alpha value is -2.08. The molecule has 3 N–H and O–H groups in total. The molecule has 0 saturated carbocycles. The van der Waals surface area contributed by atoms with Gasteiger partial charge in [-0.2, -0.15) is 0 Å². The van der Waals surface area contributed by atoms with Gasteiger partial charge < -0.3 is 15.7 Å². The molecule has 0 radical (unpaired) electrons. The van der Waals surface area contributed by atoms with Crippen LogP contribution >= 0.6 is 11.3 Å². The molecule has 2 aromatic rings. The first kappa shape index (κ1) is 13.4. The lowest BCUT2D eigenvalue weighted by Crippen LogP contribution is -2.34. The van der Waals surface area contributed by atoms with Crippen LogP contribution < -0.4 is 10.6 Å². The number of urea groups is 1. The van der Waals surface area contributed by atoms with Gasteiger partial charge >= 0.3 is 12.0 Å². The highest BCUT2D eigenvalue weighted by molar-refractivity contribution is 7.17. The number of carboxylic acids is 1. The first-order chi connectivity index (χ1) is 9.06. The molecule has 1 unspecified atom stereocenters. The SMILES string of the molecule is CC(CNC(=O)Nc1ccc2sccc2c1)C(=O)O. The quantitative estimate of drug-likeness (QED) is 0.804. The molecule has 0 spiro atoms. The van der Waals surface area contributed by atoms with E-state index in [0.29, 0.717) is 5.69 Å². The highest BCUT2D eigenvalue weighted by Gasteiger charge is 2.12. The molecule has 0 aliphatic heterocycles. The zero-order valence-electron chi connectivity index (χ0n) is 10.3. The standard InChI is InChI=1S/C13H14N2O3S/c1-8(12(16)17)7-14-13(18)15-10-2-3-11-9(6-10)4-5-19-11/h2-6,8H,7H2,1H3,(H,16,17)(H2,14,15,18). The van der Waals surface area contributed by atoms with Gasteiger partial charge in [-0.15, -0.1) is 11.3 Å². The number of amides is 2. The molecule has 0 bridgehead atoms. The minimum absolute atomic E-state index is 0.0991. The first-order valence-electron chi connectivity index (χ1n) is 5.81. The predicted octanol–water partition coefficient (Wildman–Crippen LogP) is 2.74. The summed E-state index contributed by atoms with van der Waals surface area (Å²) in [6, 6.07) is 7.22. The number of carbonyl (C=O) groups excluding carboxylic acids is 1. The van der Waals surface area contributed by atoms with Crippen LogP contribution in [0.4, 0.5) is 10.5 Å². The number of rotatable bonds is 4. The van der Waals surface area contributed by atoms with Crippen LogP contribution in [-0.2, 0) is 4.79 Å². The highest BCUT2D eigenvalue weighted by atomic mass is 32.1. The van der Waals surface area contributed by atoms with E-state index in [0.717, 1.165) is 10.1 Å². The van der Waals surface area contributed by atoms with E-state index >= 15 is 0 Å². The summed E-state index contributed by atoms with van der Waals surface area (Å²) in [6.07, 6.45) is 0. The molecule has 2 amide bonds. The maximum Gasteiger partial charge on any atom is 0.319 e. The number of carboxylic acid groups (broad SMARTS) is 1. The van der Waals surface area contributed by atoms with Crippen LogP contribution in [0.5, 0.6) is 0 Å². The van der Waals surface area contributed by atoms with Gasteiger partial charge in [0.1, 0.15) is 0 Å². The number of benzene rings is 1. The number of nitrogens with one attached hydrogen (secondary N) is 2. The third kappa shape index (κ3) is 3.45. The molecule has 100 valence electrons. The van der Waals surface area contributed by atoms with Crippen molar-refractivity contribution in [3.8, 4) is 0 Å². The van der Waals surface area contributed by atoms with Crippen LogP contribution in [0.15, 0.2) is 29.6 Å². The molecule has 1 atom stereocenters. The number of anilines is 1. The van der Waals surface area contributed by atoms with Crippen molar-refractivity contribution in [3.63, 3.8) is 0 Å². The van der Waals surface area contributed by atoms with E-state index in [-0.39, 0.29) is 6.54 Å². The van der Waals surface area contributed by atoms with Crippen molar-refractivity contribution in [3.05, 3.63) is 29.6 Å². The lowest BCUT2D eigenvalue weighted by molar-refractivity contribution is -0.140. The normalized spacial score (nSPS) is 12.1. The topological polar surface area (TPSA) is 78.4 Å². The molecule has 0 saturated heterocycles. The maximum absolute atomic E-state index is 11.6. The minimum Gasteiger partial charge on any atom is -0.481 e. The monoisotopic (exact) mass is 278 g/mol. The Bertz CT molecular complexity index is 609. The number of carbonyl (C=O) groups is 2. The fraction of sp³-hybridized carbons (Fsp3) is 0.231. The molecule has 5 nitrogen and oxygen atoms in total. The summed E-state index contributed by atoms with van der Waals surface area (Å²) < 4.78 is 1.16. The van der Waals surface area contributed by atoms with Gasteiger partial charge in [-0.25, -0.2) is 4.79 Å². The van der Waals surface area contributed by atoms with Gasteiger partial charge in [0.15, 0.2) is 0 Å². The fourth-order valence-corrected chi connectivity index (χ4v) is 2.32. The second kappa shape index (κ2) is 5.71. The van der Waals surface area contributed by atoms with Gasteiger partial charge in [-0.05, 0) is 35.0 Å². The van der Waals surface area contributed by atoms with Crippen LogP contribution in [0.3, 0.4) is 0 Å². The Morgan fingerprint density at radius 1 is 1.37 bits per heavy atom. The molecule has 6 heteroatoms. The van der Waals surface area contributed by atoms with Crippen molar-refractivity contribution >= 4 is 39.1 Å². The lowest BCUT2D eigenvalue weighted by atomic mass is 10.2. The molecule has 0 fully saturated rings. The zero-order chi connectivity index (χ0) is 13.8. The van der Waals surface area contributed by atoms with Gasteiger partial charge in [-0.1, -0.05) is 6.92 Å². The third-order valence-corrected chi connectivity index (χ3v) is 3.60. The van der Waals surface area contributed by atoms with Crippen molar-refractivity contribution in [1.82, 2.24) is 5.32 Å². The summed E-state index contributed by atoms with van der Waals surface area (Å²) in [4.78, 5) is 22.2. The summed E-state index contributed by atoms with van der Waals surface area (Å²) >= 11 is 1.64. The van der Waals surface area contributed by atoms with Gasteiger partial charge in [0.2, 0.25) is 0 Å². The van der Waals surface area contributed by atoms with E-state index in [4.69, 9.17) is 5.11 Å². The van der Waals surface area contributed by atoms with Crippen LogP contribution in [-0.4, -0.2) is 23.7 Å². The first-order valence-corrected chi connectivity index (χ1v) is 6.69. The van der Waals surface area contributed by atoms with E-state index in [9.17, 15) is 9.59 Å². The summed E-state index contributed by atoms with van der Waals surface area (Å²) in [7, 11) is 0. The van der Waals surface area contributed by atoms with E-state index in [1.807, 2.05) is 29.6 Å². The van der Waals surface area contributed by atoms with Crippen LogP contribution in [0, 0.1) is 5.92 Å².